The van der Waals surface area contributed by atoms with Crippen LogP contribution in [0.2, 0.25) is 0 Å². The molecule has 16 nitrogen and oxygen atoms in total. The molecule has 0 aromatic heterocycles. The SMILES string of the molecule is O=C(Nc1ccc2c(S(=O)(=O)[O-])ccc(S(=O)(=O)[O-])c2c1)c1ccc2ccc(C(=O)Nc3ccc4c(S(=O)(=O)[O-])ccc(S(=O)(=O)[O-])c4c3)cc2c1.[Na+].[Na+].[Na+].[Na+]. The van der Waals surface area contributed by atoms with Crippen molar-refractivity contribution in [3.63, 3.8) is 0 Å². The molecule has 6 aromatic carbocycles. The van der Waals surface area contributed by atoms with Crippen LogP contribution in [0.15, 0.2) is 117 Å². The maximum atomic E-state index is 13.2. The van der Waals surface area contributed by atoms with Crippen LogP contribution < -0.4 is 129 Å². The van der Waals surface area contributed by atoms with Crippen molar-refractivity contribution >= 4 is 96.0 Å². The summed E-state index contributed by atoms with van der Waals surface area (Å²) in [7, 11) is -20.4. The van der Waals surface area contributed by atoms with Gasteiger partial charge >= 0.3 is 118 Å². The Kier molecular flexibility index (Phi) is 17.2. The van der Waals surface area contributed by atoms with E-state index in [-0.39, 0.29) is 152 Å². The minimum atomic E-state index is -5.13. The summed E-state index contributed by atoms with van der Waals surface area (Å²) in [5.74, 6) is -1.48. The molecule has 6 rings (SSSR count). The van der Waals surface area contributed by atoms with Gasteiger partial charge in [-0.15, -0.1) is 0 Å². The second kappa shape index (κ2) is 18.9. The predicted molar refractivity (Wildman–Crippen MR) is 180 cm³/mol. The van der Waals surface area contributed by atoms with E-state index >= 15 is 0 Å². The Morgan fingerprint density at radius 3 is 0.982 bits per heavy atom. The predicted octanol–water partition coefficient (Wildman–Crippen LogP) is -8.72. The first-order chi connectivity index (χ1) is 24.1. The molecule has 0 saturated carbocycles. The largest absolute Gasteiger partial charge is 1.00 e. The second-order valence-corrected chi connectivity index (χ2v) is 16.5. The van der Waals surface area contributed by atoms with Crippen LogP contribution in [-0.4, -0.2) is 63.7 Å². The quantitative estimate of drug-likeness (QED) is 0.106. The van der Waals surface area contributed by atoms with Gasteiger partial charge in [0.25, 0.3) is 11.8 Å². The summed E-state index contributed by atoms with van der Waals surface area (Å²) in [6, 6.07) is 18.1. The van der Waals surface area contributed by atoms with Gasteiger partial charge in [0.15, 0.2) is 0 Å². The van der Waals surface area contributed by atoms with E-state index in [2.05, 4.69) is 10.6 Å². The van der Waals surface area contributed by atoms with Gasteiger partial charge in [-0.3, -0.25) is 9.59 Å². The summed E-state index contributed by atoms with van der Waals surface area (Å²) < 4.78 is 141. The van der Waals surface area contributed by atoms with Crippen molar-refractivity contribution in [2.75, 3.05) is 10.6 Å². The van der Waals surface area contributed by atoms with Crippen molar-refractivity contribution < 1.29 is 180 Å². The fourth-order valence-corrected chi connectivity index (χ4v) is 8.26. The van der Waals surface area contributed by atoms with E-state index < -0.39 is 82.6 Å². The molecule has 0 aliphatic rings. The minimum absolute atomic E-state index is 0. The zero-order chi connectivity index (χ0) is 38.0. The normalized spacial score (nSPS) is 11.7. The number of benzene rings is 6. The summed E-state index contributed by atoms with van der Waals surface area (Å²) in [5.41, 5.74) is -0.0239. The number of carbonyl (C=O) groups excluding carboxylic acids is 2. The Morgan fingerprint density at radius 1 is 0.375 bits per heavy atom. The van der Waals surface area contributed by atoms with Gasteiger partial charge in [-0.2, -0.15) is 0 Å². The van der Waals surface area contributed by atoms with Crippen molar-refractivity contribution in [3.05, 3.63) is 108 Å². The fourth-order valence-electron chi connectivity index (χ4n) is 5.55. The zero-order valence-corrected chi connectivity index (χ0v) is 40.9. The van der Waals surface area contributed by atoms with E-state index in [0.717, 1.165) is 24.3 Å². The number of rotatable bonds is 8. The molecular formula is C32H18N2Na4O14S4. The smallest absolute Gasteiger partial charge is 0.744 e. The Labute approximate surface area is 408 Å². The number of hydrogen-bond donors (Lipinski definition) is 2. The number of nitrogens with one attached hydrogen (secondary N) is 2. The maximum absolute atomic E-state index is 13.2. The van der Waals surface area contributed by atoms with Gasteiger partial charge < -0.3 is 28.8 Å². The molecule has 0 heterocycles. The third-order valence-electron chi connectivity index (χ3n) is 7.83. The number of amides is 2. The Balaban J connectivity index is 0.00000271. The zero-order valence-electron chi connectivity index (χ0n) is 29.6. The Bertz CT molecular complexity index is 2820. The van der Waals surface area contributed by atoms with Gasteiger partial charge in [0.05, 0.1) is 19.6 Å². The topological polar surface area (TPSA) is 287 Å². The summed E-state index contributed by atoms with van der Waals surface area (Å²) >= 11 is 0. The van der Waals surface area contributed by atoms with Crippen LogP contribution in [-0.2, 0) is 40.5 Å². The van der Waals surface area contributed by atoms with Crippen molar-refractivity contribution in [1.29, 1.82) is 0 Å². The van der Waals surface area contributed by atoms with E-state index in [1.54, 1.807) is 12.1 Å². The maximum Gasteiger partial charge on any atom is 1.00 e. The number of anilines is 2. The molecule has 0 aliphatic heterocycles. The van der Waals surface area contributed by atoms with Gasteiger partial charge in [-0.1, -0.05) is 24.3 Å². The number of carbonyl (C=O) groups is 2. The average molecular weight is 875 g/mol. The van der Waals surface area contributed by atoms with Crippen LogP contribution in [0.5, 0.6) is 0 Å². The van der Waals surface area contributed by atoms with Gasteiger partial charge in [-0.25, -0.2) is 33.7 Å². The molecule has 2 N–H and O–H groups in total. The fraction of sp³-hybridized carbons (Fsp3) is 0. The molecule has 0 unspecified atom stereocenters. The first-order valence-corrected chi connectivity index (χ1v) is 19.9. The summed E-state index contributed by atoms with van der Waals surface area (Å²) in [6.45, 7) is 0. The summed E-state index contributed by atoms with van der Waals surface area (Å²) in [6.07, 6.45) is 0. The molecule has 24 heteroatoms. The Morgan fingerprint density at radius 2 is 0.679 bits per heavy atom. The third-order valence-corrected chi connectivity index (χ3v) is 11.4. The van der Waals surface area contributed by atoms with Gasteiger partial charge in [0.2, 0.25) is 0 Å². The molecule has 0 aliphatic carbocycles. The molecule has 0 atom stereocenters. The van der Waals surface area contributed by atoms with Crippen LogP contribution >= 0.6 is 0 Å². The molecule has 0 saturated heterocycles. The molecule has 2 amide bonds. The van der Waals surface area contributed by atoms with Gasteiger partial charge in [-0.05, 0) is 83.6 Å². The standard InChI is InChI=1S/C32H22N2O14S4.4Na/c35-31(33-21-5-7-23-25(15-21)29(51(43,44)45)11-9-27(23)49(37,38)39)18-3-1-17-2-4-19(14-20(17)13-18)32(36)34-22-6-8-24-26(16-22)30(52(46,47)48)12-10-28(24)50(40,41)42;;;;/h1-16H,(H,33,35)(H,34,36)(H,37,38,39)(H,40,41,42)(H,43,44,45)(H,46,47,48);;;;/q;4*+1/p-4. The minimum Gasteiger partial charge on any atom is -0.744 e. The van der Waals surface area contributed by atoms with Crippen molar-refractivity contribution in [2.24, 2.45) is 0 Å². The summed E-state index contributed by atoms with van der Waals surface area (Å²) in [4.78, 5) is 23.3. The first-order valence-electron chi connectivity index (χ1n) is 14.2. The molecule has 6 aromatic rings. The van der Waals surface area contributed by atoms with Crippen LogP contribution in [0.1, 0.15) is 20.7 Å². The van der Waals surface area contributed by atoms with E-state index in [1.165, 1.54) is 36.4 Å². The number of hydrogen-bond acceptors (Lipinski definition) is 14. The van der Waals surface area contributed by atoms with Crippen molar-refractivity contribution in [2.45, 2.75) is 19.6 Å². The molecule has 268 valence electrons. The molecule has 0 radical (unpaired) electrons. The van der Waals surface area contributed by atoms with Crippen LogP contribution in [0, 0.1) is 0 Å². The van der Waals surface area contributed by atoms with E-state index in [0.29, 0.717) is 35.0 Å². The van der Waals surface area contributed by atoms with E-state index in [4.69, 9.17) is 0 Å². The van der Waals surface area contributed by atoms with Gasteiger partial charge in [0, 0.05) is 44.0 Å². The van der Waals surface area contributed by atoms with Crippen molar-refractivity contribution in [1.82, 2.24) is 0 Å². The van der Waals surface area contributed by atoms with Crippen LogP contribution in [0.4, 0.5) is 11.4 Å². The molecule has 0 bridgehead atoms. The van der Waals surface area contributed by atoms with Gasteiger partial charge in [0.1, 0.15) is 40.5 Å². The average Bonchev–Trinajstić information content (AvgIpc) is 3.04. The Hall–Kier alpha value is -1.32. The number of fused-ring (bicyclic) bond motifs is 3. The molecular weight excluding hydrogens is 857 g/mol. The third kappa shape index (κ3) is 11.1. The van der Waals surface area contributed by atoms with Crippen LogP contribution in [0.25, 0.3) is 32.3 Å². The van der Waals surface area contributed by atoms with E-state index in [9.17, 15) is 61.5 Å². The first kappa shape index (κ1) is 50.8. The van der Waals surface area contributed by atoms with Crippen LogP contribution in [0.3, 0.4) is 0 Å². The molecule has 0 fully saturated rings. The second-order valence-electron chi connectivity index (χ2n) is 11.1. The molecule has 0 spiro atoms. The summed E-state index contributed by atoms with van der Waals surface area (Å²) in [5, 5.41) is 4.45. The monoisotopic (exact) mass is 874 g/mol. The molecule has 56 heavy (non-hydrogen) atoms. The van der Waals surface area contributed by atoms with Crippen molar-refractivity contribution in [3.8, 4) is 0 Å². The van der Waals surface area contributed by atoms with E-state index in [1.807, 2.05) is 0 Å².